The van der Waals surface area contributed by atoms with E-state index in [-0.39, 0.29) is 11.5 Å². The number of aromatic nitrogens is 1. The highest BCUT2D eigenvalue weighted by atomic mass is 16.1. The van der Waals surface area contributed by atoms with Crippen molar-refractivity contribution in [2.24, 2.45) is 11.3 Å². The number of hydrogen-bond acceptors (Lipinski definition) is 4. The second-order valence-corrected chi connectivity index (χ2v) is 8.40. The van der Waals surface area contributed by atoms with Gasteiger partial charge in [0.05, 0.1) is 23.6 Å². The van der Waals surface area contributed by atoms with Gasteiger partial charge in [-0.25, -0.2) is 0 Å². The average molecular weight is 325 g/mol. The molecule has 0 bridgehead atoms. The van der Waals surface area contributed by atoms with Crippen molar-refractivity contribution < 1.29 is 4.79 Å². The molecule has 1 aliphatic heterocycles. The number of carbonyl (C=O) groups excluding carboxylic acids is 1. The van der Waals surface area contributed by atoms with Crippen molar-refractivity contribution in [2.45, 2.75) is 64.8 Å². The Morgan fingerprint density at radius 1 is 1.12 bits per heavy atom. The molecule has 4 nitrogen and oxygen atoms in total. The Bertz CT molecular complexity index is 686. The Labute approximate surface area is 144 Å². The maximum absolute atomic E-state index is 13.0. The standard InChI is InChI=1S/C20H27N3O/c1-20(2)10-15-18(17(24)11-20)19(13-6-4-3-5-7-13)23-14-8-9-21-12-16(14)22-15/h8-9,12-13,19,22-23H,3-7,10-11H2,1-2H3. The molecule has 1 unspecified atom stereocenters. The van der Waals surface area contributed by atoms with E-state index < -0.39 is 0 Å². The van der Waals surface area contributed by atoms with Gasteiger partial charge in [-0.3, -0.25) is 9.78 Å². The van der Waals surface area contributed by atoms with E-state index in [1.807, 2.05) is 18.5 Å². The maximum atomic E-state index is 13.0. The lowest BCUT2D eigenvalue weighted by atomic mass is 9.71. The van der Waals surface area contributed by atoms with Crippen molar-refractivity contribution in [1.82, 2.24) is 4.98 Å². The highest BCUT2D eigenvalue weighted by Crippen LogP contribution is 2.44. The Balaban J connectivity index is 1.79. The van der Waals surface area contributed by atoms with Crippen LogP contribution in [0.2, 0.25) is 0 Å². The van der Waals surface area contributed by atoms with Crippen LogP contribution in [0.15, 0.2) is 29.7 Å². The third kappa shape index (κ3) is 2.83. The normalized spacial score (nSPS) is 26.8. The van der Waals surface area contributed by atoms with E-state index in [2.05, 4.69) is 29.5 Å². The van der Waals surface area contributed by atoms with E-state index >= 15 is 0 Å². The van der Waals surface area contributed by atoms with E-state index in [0.29, 0.717) is 18.1 Å². The van der Waals surface area contributed by atoms with Crippen LogP contribution in [0.1, 0.15) is 58.8 Å². The van der Waals surface area contributed by atoms with Crippen molar-refractivity contribution in [3.8, 4) is 0 Å². The molecule has 0 aromatic carbocycles. The second kappa shape index (κ2) is 5.91. The van der Waals surface area contributed by atoms with Crippen molar-refractivity contribution in [1.29, 1.82) is 0 Å². The number of nitrogens with zero attached hydrogens (tertiary/aromatic N) is 1. The van der Waals surface area contributed by atoms with Gasteiger partial charge in [-0.05, 0) is 36.7 Å². The first-order chi connectivity index (χ1) is 11.5. The molecule has 1 atom stereocenters. The molecule has 0 saturated heterocycles. The molecular formula is C20H27N3O. The molecule has 1 saturated carbocycles. The first kappa shape index (κ1) is 15.7. The van der Waals surface area contributed by atoms with Gasteiger partial charge in [0.1, 0.15) is 0 Å². The summed E-state index contributed by atoms with van der Waals surface area (Å²) in [7, 11) is 0. The summed E-state index contributed by atoms with van der Waals surface area (Å²) in [5.41, 5.74) is 4.21. The number of anilines is 2. The zero-order valence-electron chi connectivity index (χ0n) is 14.7. The predicted molar refractivity (Wildman–Crippen MR) is 96.9 cm³/mol. The molecule has 128 valence electrons. The van der Waals surface area contributed by atoms with Gasteiger partial charge < -0.3 is 10.6 Å². The van der Waals surface area contributed by atoms with Crippen molar-refractivity contribution >= 4 is 17.2 Å². The largest absolute Gasteiger partial charge is 0.376 e. The molecule has 0 spiro atoms. The van der Waals surface area contributed by atoms with Crippen LogP contribution in [0.25, 0.3) is 0 Å². The Kier molecular flexibility index (Phi) is 3.86. The molecule has 1 aromatic heterocycles. The predicted octanol–water partition coefficient (Wildman–Crippen LogP) is 4.51. The fourth-order valence-corrected chi connectivity index (χ4v) is 4.65. The third-order valence-electron chi connectivity index (χ3n) is 5.77. The quantitative estimate of drug-likeness (QED) is 0.797. The number of carbonyl (C=O) groups is 1. The van der Waals surface area contributed by atoms with Crippen LogP contribution in [0.3, 0.4) is 0 Å². The molecule has 3 aliphatic rings. The SMILES string of the molecule is CC1(C)CC(=O)C2=C(C1)Nc1cnccc1NC2C1CCCCC1. The minimum absolute atomic E-state index is 0.0206. The van der Waals surface area contributed by atoms with Crippen LogP contribution in [0.5, 0.6) is 0 Å². The van der Waals surface area contributed by atoms with E-state index in [1.54, 1.807) is 0 Å². The highest BCUT2D eigenvalue weighted by Gasteiger charge is 2.40. The Hall–Kier alpha value is -1.84. The number of pyridine rings is 1. The lowest BCUT2D eigenvalue weighted by molar-refractivity contribution is -0.118. The molecule has 4 rings (SSSR count). The molecule has 0 radical (unpaired) electrons. The molecule has 1 fully saturated rings. The van der Waals surface area contributed by atoms with E-state index in [0.717, 1.165) is 29.1 Å². The van der Waals surface area contributed by atoms with Crippen molar-refractivity contribution in [3.63, 3.8) is 0 Å². The van der Waals surface area contributed by atoms with Crippen LogP contribution in [-0.4, -0.2) is 16.8 Å². The number of allylic oxidation sites excluding steroid dienone is 1. The van der Waals surface area contributed by atoms with Crippen LogP contribution in [0, 0.1) is 11.3 Å². The Morgan fingerprint density at radius 3 is 2.71 bits per heavy atom. The topological polar surface area (TPSA) is 54.0 Å². The zero-order chi connectivity index (χ0) is 16.7. The van der Waals surface area contributed by atoms with Gasteiger partial charge in [-0.15, -0.1) is 0 Å². The first-order valence-electron chi connectivity index (χ1n) is 9.27. The van der Waals surface area contributed by atoms with E-state index in [4.69, 9.17) is 0 Å². The first-order valence-corrected chi connectivity index (χ1v) is 9.27. The summed E-state index contributed by atoms with van der Waals surface area (Å²) in [6.07, 6.45) is 11.6. The van der Waals surface area contributed by atoms with Crippen LogP contribution in [-0.2, 0) is 4.79 Å². The zero-order valence-corrected chi connectivity index (χ0v) is 14.7. The number of ketones is 1. The van der Waals surface area contributed by atoms with Crippen LogP contribution >= 0.6 is 0 Å². The second-order valence-electron chi connectivity index (χ2n) is 8.40. The summed E-state index contributed by atoms with van der Waals surface area (Å²) < 4.78 is 0. The summed E-state index contributed by atoms with van der Waals surface area (Å²) in [6.45, 7) is 4.38. The summed E-state index contributed by atoms with van der Waals surface area (Å²) >= 11 is 0. The summed E-state index contributed by atoms with van der Waals surface area (Å²) in [4.78, 5) is 17.3. The molecule has 24 heavy (non-hydrogen) atoms. The third-order valence-corrected chi connectivity index (χ3v) is 5.77. The number of fused-ring (bicyclic) bond motifs is 1. The molecule has 2 heterocycles. The Morgan fingerprint density at radius 2 is 1.92 bits per heavy atom. The highest BCUT2D eigenvalue weighted by molar-refractivity contribution is 6.00. The number of nitrogens with one attached hydrogen (secondary N) is 2. The van der Waals surface area contributed by atoms with Gasteiger partial charge in [-0.1, -0.05) is 33.1 Å². The lowest BCUT2D eigenvalue weighted by Crippen LogP contribution is -2.39. The summed E-state index contributed by atoms with van der Waals surface area (Å²) in [6, 6.07) is 2.16. The molecule has 2 aliphatic carbocycles. The molecule has 2 N–H and O–H groups in total. The molecule has 4 heteroatoms. The minimum atomic E-state index is 0.0206. The number of hydrogen-bond donors (Lipinski definition) is 2. The summed E-state index contributed by atoms with van der Waals surface area (Å²) in [5.74, 6) is 0.868. The van der Waals surface area contributed by atoms with E-state index in [9.17, 15) is 4.79 Å². The van der Waals surface area contributed by atoms with Gasteiger partial charge in [0.2, 0.25) is 0 Å². The van der Waals surface area contributed by atoms with E-state index in [1.165, 1.54) is 32.1 Å². The maximum Gasteiger partial charge on any atom is 0.163 e. The molecule has 1 aromatic rings. The summed E-state index contributed by atoms with van der Waals surface area (Å²) in [5, 5.41) is 7.26. The lowest BCUT2D eigenvalue weighted by Gasteiger charge is -2.37. The molecular weight excluding hydrogens is 298 g/mol. The monoisotopic (exact) mass is 325 g/mol. The minimum Gasteiger partial charge on any atom is -0.376 e. The van der Waals surface area contributed by atoms with Gasteiger partial charge >= 0.3 is 0 Å². The van der Waals surface area contributed by atoms with Crippen LogP contribution in [0.4, 0.5) is 11.4 Å². The number of rotatable bonds is 1. The van der Waals surface area contributed by atoms with Gasteiger partial charge in [0.15, 0.2) is 5.78 Å². The smallest absolute Gasteiger partial charge is 0.163 e. The van der Waals surface area contributed by atoms with Crippen LogP contribution < -0.4 is 10.6 Å². The van der Waals surface area contributed by atoms with Gasteiger partial charge in [0, 0.05) is 23.9 Å². The fraction of sp³-hybridized carbons (Fsp3) is 0.600. The fourth-order valence-electron chi connectivity index (χ4n) is 4.65. The van der Waals surface area contributed by atoms with Crippen molar-refractivity contribution in [2.75, 3.05) is 10.6 Å². The average Bonchev–Trinajstić information content (AvgIpc) is 2.70. The van der Waals surface area contributed by atoms with Gasteiger partial charge in [0.25, 0.3) is 0 Å². The number of Topliss-reactive ketones (excluding diaryl/α,β-unsaturated/α-hetero) is 1. The van der Waals surface area contributed by atoms with Crippen molar-refractivity contribution in [3.05, 3.63) is 29.7 Å². The van der Waals surface area contributed by atoms with Gasteiger partial charge in [-0.2, -0.15) is 0 Å². The molecule has 0 amide bonds.